The van der Waals surface area contributed by atoms with Crippen molar-refractivity contribution in [2.24, 2.45) is 0 Å². The topological polar surface area (TPSA) is 30.5 Å². The van der Waals surface area contributed by atoms with Gasteiger partial charge < -0.3 is 14.8 Å². The predicted molar refractivity (Wildman–Crippen MR) is 84.3 cm³/mol. The molecule has 1 aliphatic heterocycles. The van der Waals surface area contributed by atoms with Crippen molar-refractivity contribution in [3.8, 4) is 0 Å². The number of hydrogen-bond donors (Lipinski definition) is 1. The highest BCUT2D eigenvalue weighted by molar-refractivity contribution is 7.12. The van der Waals surface area contributed by atoms with Gasteiger partial charge in [0, 0.05) is 28.4 Å². The maximum Gasteiger partial charge on any atom is 0.0809 e. The summed E-state index contributed by atoms with van der Waals surface area (Å²) in [6, 6.07) is 2.27. The summed E-state index contributed by atoms with van der Waals surface area (Å²) in [6.45, 7) is 12.0. The van der Waals surface area contributed by atoms with Crippen molar-refractivity contribution in [3.05, 3.63) is 21.4 Å². The molecule has 114 valence electrons. The zero-order valence-corrected chi connectivity index (χ0v) is 13.9. The molecule has 3 nitrogen and oxygen atoms in total. The second-order valence-corrected chi connectivity index (χ2v) is 7.89. The Labute approximate surface area is 126 Å². The fraction of sp³-hybridized carbons (Fsp3) is 0.750. The van der Waals surface area contributed by atoms with Gasteiger partial charge in [-0.3, -0.25) is 0 Å². The average molecular weight is 297 g/mol. The van der Waals surface area contributed by atoms with E-state index in [1.807, 2.05) is 11.3 Å². The summed E-state index contributed by atoms with van der Waals surface area (Å²) in [5, 5.41) is 3.53. The van der Waals surface area contributed by atoms with Crippen LogP contribution in [-0.4, -0.2) is 24.9 Å². The van der Waals surface area contributed by atoms with Crippen molar-refractivity contribution in [3.63, 3.8) is 0 Å². The Morgan fingerprint density at radius 1 is 1.45 bits per heavy atom. The first-order chi connectivity index (χ1) is 9.44. The minimum absolute atomic E-state index is 0.161. The molecule has 0 spiro atoms. The summed E-state index contributed by atoms with van der Waals surface area (Å²) < 4.78 is 11.4. The van der Waals surface area contributed by atoms with E-state index >= 15 is 0 Å². The molecule has 0 amide bonds. The Bertz CT molecular complexity index is 417. The van der Waals surface area contributed by atoms with Crippen molar-refractivity contribution in [1.29, 1.82) is 0 Å². The van der Waals surface area contributed by atoms with E-state index in [1.165, 1.54) is 21.7 Å². The minimum Gasteiger partial charge on any atom is -0.376 e. The molecule has 0 radical (unpaired) electrons. The second kappa shape index (κ2) is 7.03. The van der Waals surface area contributed by atoms with E-state index in [2.05, 4.69) is 39.1 Å². The molecule has 1 atom stereocenters. The monoisotopic (exact) mass is 297 g/mol. The maximum absolute atomic E-state index is 5.80. The second-order valence-electron chi connectivity index (χ2n) is 6.55. The van der Waals surface area contributed by atoms with E-state index in [0.29, 0.717) is 12.7 Å². The van der Waals surface area contributed by atoms with Crippen LogP contribution in [-0.2, 0) is 22.6 Å². The third-order valence-corrected chi connectivity index (χ3v) is 4.54. The van der Waals surface area contributed by atoms with Crippen LogP contribution in [0.4, 0.5) is 0 Å². The molecule has 20 heavy (non-hydrogen) atoms. The summed E-state index contributed by atoms with van der Waals surface area (Å²) in [6.07, 6.45) is 2.63. The van der Waals surface area contributed by atoms with E-state index in [-0.39, 0.29) is 5.54 Å². The van der Waals surface area contributed by atoms with E-state index in [4.69, 9.17) is 9.47 Å². The van der Waals surface area contributed by atoms with Crippen LogP contribution in [0.2, 0.25) is 0 Å². The lowest BCUT2D eigenvalue weighted by atomic mass is 10.1. The lowest BCUT2D eigenvalue weighted by Crippen LogP contribution is -2.34. The van der Waals surface area contributed by atoms with Crippen LogP contribution >= 0.6 is 11.3 Å². The minimum atomic E-state index is 0.161. The Morgan fingerprint density at radius 2 is 2.25 bits per heavy atom. The number of aryl methyl sites for hydroxylation is 1. The van der Waals surface area contributed by atoms with Crippen molar-refractivity contribution < 1.29 is 9.47 Å². The van der Waals surface area contributed by atoms with E-state index in [0.717, 1.165) is 26.2 Å². The van der Waals surface area contributed by atoms with Gasteiger partial charge in [-0.05, 0) is 52.2 Å². The maximum atomic E-state index is 5.80. The zero-order valence-electron chi connectivity index (χ0n) is 13.1. The molecule has 0 aromatic carbocycles. The lowest BCUT2D eigenvalue weighted by Gasteiger charge is -2.19. The first-order valence-corrected chi connectivity index (χ1v) is 8.28. The highest BCUT2D eigenvalue weighted by atomic mass is 32.1. The van der Waals surface area contributed by atoms with Crippen LogP contribution < -0.4 is 5.32 Å². The first kappa shape index (κ1) is 16.0. The molecule has 4 heteroatoms. The molecule has 0 bridgehead atoms. The molecule has 0 saturated carbocycles. The Balaban J connectivity index is 1.78. The largest absolute Gasteiger partial charge is 0.376 e. The molecular weight excluding hydrogens is 270 g/mol. The summed E-state index contributed by atoms with van der Waals surface area (Å²) in [5.74, 6) is 0. The molecule has 1 saturated heterocycles. The van der Waals surface area contributed by atoms with Crippen molar-refractivity contribution >= 4 is 11.3 Å². The standard InChI is InChI=1S/C16H27NO2S/c1-12-13(10-18-11-14-6-5-7-19-14)8-15(20-12)9-17-16(2,3)4/h8,14,17H,5-7,9-11H2,1-4H3. The highest BCUT2D eigenvalue weighted by Crippen LogP contribution is 2.23. The highest BCUT2D eigenvalue weighted by Gasteiger charge is 2.16. The lowest BCUT2D eigenvalue weighted by molar-refractivity contribution is 0.0105. The zero-order chi connectivity index (χ0) is 14.6. The first-order valence-electron chi connectivity index (χ1n) is 7.46. The molecule has 1 aromatic rings. The number of nitrogens with one attached hydrogen (secondary N) is 1. The van der Waals surface area contributed by atoms with E-state index in [1.54, 1.807) is 0 Å². The predicted octanol–water partition coefficient (Wildman–Crippen LogP) is 3.64. The van der Waals surface area contributed by atoms with Crippen LogP contribution in [0.1, 0.15) is 48.9 Å². The molecule has 2 rings (SSSR count). The van der Waals surface area contributed by atoms with Crippen LogP contribution in [0.3, 0.4) is 0 Å². The molecule has 2 heterocycles. The van der Waals surface area contributed by atoms with Gasteiger partial charge in [0.1, 0.15) is 0 Å². The van der Waals surface area contributed by atoms with Gasteiger partial charge in [-0.15, -0.1) is 11.3 Å². The molecule has 1 fully saturated rings. The smallest absolute Gasteiger partial charge is 0.0809 e. The summed E-state index contributed by atoms with van der Waals surface area (Å²) >= 11 is 1.86. The van der Waals surface area contributed by atoms with E-state index in [9.17, 15) is 0 Å². The van der Waals surface area contributed by atoms with Gasteiger partial charge in [0.25, 0.3) is 0 Å². The number of rotatable bonds is 6. The summed E-state index contributed by atoms with van der Waals surface area (Å²) in [4.78, 5) is 2.75. The van der Waals surface area contributed by atoms with Crippen LogP contribution in [0, 0.1) is 6.92 Å². The SMILES string of the molecule is Cc1sc(CNC(C)(C)C)cc1COCC1CCCO1. The molecular formula is C16H27NO2S. The van der Waals surface area contributed by atoms with Crippen LogP contribution in [0.25, 0.3) is 0 Å². The van der Waals surface area contributed by atoms with Gasteiger partial charge in [0.05, 0.1) is 19.3 Å². The van der Waals surface area contributed by atoms with Gasteiger partial charge in [-0.2, -0.15) is 0 Å². The third kappa shape index (κ3) is 5.17. The molecule has 1 aliphatic rings. The summed E-state index contributed by atoms with van der Waals surface area (Å²) in [5.41, 5.74) is 1.48. The molecule has 1 aromatic heterocycles. The number of thiophene rings is 1. The van der Waals surface area contributed by atoms with Gasteiger partial charge in [-0.25, -0.2) is 0 Å². The van der Waals surface area contributed by atoms with Crippen molar-refractivity contribution in [2.75, 3.05) is 13.2 Å². The van der Waals surface area contributed by atoms with Crippen molar-refractivity contribution in [2.45, 2.75) is 65.3 Å². The Kier molecular flexibility index (Phi) is 5.61. The molecule has 0 aliphatic carbocycles. The quantitative estimate of drug-likeness (QED) is 0.869. The van der Waals surface area contributed by atoms with Gasteiger partial charge in [-0.1, -0.05) is 0 Å². The summed E-state index contributed by atoms with van der Waals surface area (Å²) in [7, 11) is 0. The Hall–Kier alpha value is -0.420. The Morgan fingerprint density at radius 3 is 2.90 bits per heavy atom. The normalized spacial score (nSPS) is 19.7. The fourth-order valence-corrected chi connectivity index (χ4v) is 3.23. The van der Waals surface area contributed by atoms with Gasteiger partial charge in [0.2, 0.25) is 0 Å². The van der Waals surface area contributed by atoms with Crippen LogP contribution in [0.15, 0.2) is 6.07 Å². The van der Waals surface area contributed by atoms with Crippen molar-refractivity contribution in [1.82, 2.24) is 5.32 Å². The molecule has 1 unspecified atom stereocenters. The van der Waals surface area contributed by atoms with Crippen LogP contribution in [0.5, 0.6) is 0 Å². The number of hydrogen-bond acceptors (Lipinski definition) is 4. The third-order valence-electron chi connectivity index (χ3n) is 3.45. The average Bonchev–Trinajstić information content (AvgIpc) is 2.97. The van der Waals surface area contributed by atoms with Gasteiger partial charge in [0.15, 0.2) is 0 Å². The number of ether oxygens (including phenoxy) is 2. The van der Waals surface area contributed by atoms with E-state index < -0.39 is 0 Å². The van der Waals surface area contributed by atoms with Gasteiger partial charge >= 0.3 is 0 Å². The fourth-order valence-electron chi connectivity index (χ4n) is 2.25. The molecule has 1 N–H and O–H groups in total.